The summed E-state index contributed by atoms with van der Waals surface area (Å²) in [6, 6.07) is 7.47. The molecule has 1 saturated carbocycles. The molecular formula is C13H18FNO2. The topological polar surface area (TPSA) is 30.5 Å². The van der Waals surface area contributed by atoms with Crippen LogP contribution in [0.5, 0.6) is 11.5 Å². The fourth-order valence-corrected chi connectivity index (χ4v) is 1.77. The molecule has 1 aliphatic rings. The smallest absolute Gasteiger partial charge is 0.119 e. The van der Waals surface area contributed by atoms with Crippen molar-refractivity contribution in [2.75, 3.05) is 20.3 Å². The molecule has 0 radical (unpaired) electrons. The van der Waals surface area contributed by atoms with Crippen LogP contribution < -0.4 is 14.8 Å². The van der Waals surface area contributed by atoms with E-state index in [9.17, 15) is 4.39 Å². The first-order valence-electron chi connectivity index (χ1n) is 5.94. The minimum Gasteiger partial charge on any atom is -0.497 e. The van der Waals surface area contributed by atoms with Crippen molar-refractivity contribution in [1.82, 2.24) is 5.32 Å². The van der Waals surface area contributed by atoms with Crippen molar-refractivity contribution in [3.63, 3.8) is 0 Å². The first-order chi connectivity index (χ1) is 8.29. The first kappa shape index (κ1) is 12.2. The molecule has 1 aromatic carbocycles. The summed E-state index contributed by atoms with van der Waals surface area (Å²) in [6.45, 7) is 1.23. The van der Waals surface area contributed by atoms with Crippen molar-refractivity contribution >= 4 is 0 Å². The molecule has 0 spiro atoms. The molecule has 0 aliphatic heterocycles. The normalized spacial score (nSPS) is 22.9. The van der Waals surface area contributed by atoms with Crippen LogP contribution in [-0.4, -0.2) is 32.5 Å². The predicted molar refractivity (Wildman–Crippen MR) is 64.4 cm³/mol. The number of hydrogen-bond acceptors (Lipinski definition) is 3. The lowest BCUT2D eigenvalue weighted by atomic mass is 9.91. The molecule has 94 valence electrons. The van der Waals surface area contributed by atoms with Crippen LogP contribution in [0.1, 0.15) is 12.8 Å². The van der Waals surface area contributed by atoms with E-state index in [4.69, 9.17) is 9.47 Å². The molecule has 1 fully saturated rings. The Labute approximate surface area is 101 Å². The first-order valence-corrected chi connectivity index (χ1v) is 5.94. The van der Waals surface area contributed by atoms with Gasteiger partial charge in [-0.2, -0.15) is 0 Å². The van der Waals surface area contributed by atoms with Gasteiger partial charge in [-0.3, -0.25) is 0 Å². The standard InChI is InChI=1S/C13H18FNO2/c1-16-10-2-4-11(5-3-10)17-9-8-15-13-7-6-12(13)14/h2-5,12-13,15H,6-9H2,1H3. The molecule has 0 heterocycles. The van der Waals surface area contributed by atoms with Gasteiger partial charge in [-0.15, -0.1) is 0 Å². The molecule has 1 aromatic rings. The Bertz CT molecular complexity index is 342. The van der Waals surface area contributed by atoms with E-state index >= 15 is 0 Å². The van der Waals surface area contributed by atoms with Crippen LogP contribution in [0.25, 0.3) is 0 Å². The molecule has 4 heteroatoms. The van der Waals surface area contributed by atoms with Crippen molar-refractivity contribution in [3.8, 4) is 11.5 Å². The second kappa shape index (κ2) is 5.87. The number of rotatable bonds is 6. The fraction of sp³-hybridized carbons (Fsp3) is 0.538. The zero-order chi connectivity index (χ0) is 12.1. The number of alkyl halides is 1. The molecule has 2 rings (SSSR count). The largest absolute Gasteiger partial charge is 0.497 e. The molecule has 0 saturated heterocycles. The van der Waals surface area contributed by atoms with Gasteiger partial charge in [0.1, 0.15) is 24.3 Å². The van der Waals surface area contributed by atoms with Gasteiger partial charge in [0.25, 0.3) is 0 Å². The zero-order valence-corrected chi connectivity index (χ0v) is 9.99. The minimum atomic E-state index is -0.670. The monoisotopic (exact) mass is 239 g/mol. The van der Waals surface area contributed by atoms with Crippen molar-refractivity contribution in [2.24, 2.45) is 0 Å². The van der Waals surface area contributed by atoms with Gasteiger partial charge in [0, 0.05) is 12.6 Å². The van der Waals surface area contributed by atoms with E-state index < -0.39 is 6.17 Å². The Kier molecular flexibility index (Phi) is 4.20. The highest BCUT2D eigenvalue weighted by Crippen LogP contribution is 2.22. The Hall–Kier alpha value is -1.29. The van der Waals surface area contributed by atoms with Gasteiger partial charge in [-0.05, 0) is 37.1 Å². The molecule has 2 atom stereocenters. The summed E-state index contributed by atoms with van der Waals surface area (Å²) < 4.78 is 23.5. The SMILES string of the molecule is COc1ccc(OCCNC2CCC2F)cc1. The van der Waals surface area contributed by atoms with Gasteiger partial charge >= 0.3 is 0 Å². The number of nitrogens with one attached hydrogen (secondary N) is 1. The van der Waals surface area contributed by atoms with E-state index in [0.717, 1.165) is 17.9 Å². The molecular weight excluding hydrogens is 221 g/mol. The zero-order valence-electron chi connectivity index (χ0n) is 9.99. The average Bonchev–Trinajstić information content (AvgIpc) is 2.37. The maximum absolute atomic E-state index is 12.9. The van der Waals surface area contributed by atoms with E-state index in [1.807, 2.05) is 24.3 Å². The van der Waals surface area contributed by atoms with Crippen LogP contribution in [-0.2, 0) is 0 Å². The fourth-order valence-electron chi connectivity index (χ4n) is 1.77. The van der Waals surface area contributed by atoms with Gasteiger partial charge in [-0.25, -0.2) is 4.39 Å². The number of ether oxygens (including phenoxy) is 2. The Morgan fingerprint density at radius 2 is 1.94 bits per heavy atom. The summed E-state index contributed by atoms with van der Waals surface area (Å²) in [5.41, 5.74) is 0. The van der Waals surface area contributed by atoms with E-state index in [1.165, 1.54) is 0 Å². The lowest BCUT2D eigenvalue weighted by molar-refractivity contribution is 0.137. The van der Waals surface area contributed by atoms with E-state index in [0.29, 0.717) is 19.6 Å². The summed E-state index contributed by atoms with van der Waals surface area (Å²) in [4.78, 5) is 0. The van der Waals surface area contributed by atoms with Crippen LogP contribution in [0.3, 0.4) is 0 Å². The quantitative estimate of drug-likeness (QED) is 0.772. The molecule has 1 N–H and O–H groups in total. The number of benzene rings is 1. The van der Waals surface area contributed by atoms with Gasteiger partial charge in [-0.1, -0.05) is 0 Å². The minimum absolute atomic E-state index is 0.0365. The van der Waals surface area contributed by atoms with Crippen LogP contribution in [0.15, 0.2) is 24.3 Å². The van der Waals surface area contributed by atoms with Crippen LogP contribution in [0.4, 0.5) is 4.39 Å². The maximum Gasteiger partial charge on any atom is 0.119 e. The summed E-state index contributed by atoms with van der Waals surface area (Å²) in [6.07, 6.45) is 0.955. The van der Waals surface area contributed by atoms with E-state index in [2.05, 4.69) is 5.32 Å². The van der Waals surface area contributed by atoms with Gasteiger partial charge in [0.05, 0.1) is 7.11 Å². The van der Waals surface area contributed by atoms with Crippen molar-refractivity contribution in [3.05, 3.63) is 24.3 Å². The number of hydrogen-bond donors (Lipinski definition) is 1. The predicted octanol–water partition coefficient (Wildman–Crippen LogP) is 2.16. The lowest BCUT2D eigenvalue weighted by Gasteiger charge is -2.31. The summed E-state index contributed by atoms with van der Waals surface area (Å²) in [5.74, 6) is 1.61. The van der Waals surface area contributed by atoms with E-state index in [-0.39, 0.29) is 6.04 Å². The van der Waals surface area contributed by atoms with Crippen molar-refractivity contribution in [2.45, 2.75) is 25.1 Å². The number of methoxy groups -OCH3 is 1. The highest BCUT2D eigenvalue weighted by molar-refractivity contribution is 5.31. The third-order valence-corrected chi connectivity index (χ3v) is 3.03. The third-order valence-electron chi connectivity index (χ3n) is 3.03. The average molecular weight is 239 g/mol. The molecule has 17 heavy (non-hydrogen) atoms. The number of halogens is 1. The molecule has 1 aliphatic carbocycles. The van der Waals surface area contributed by atoms with Gasteiger partial charge < -0.3 is 14.8 Å². The second-order valence-electron chi connectivity index (χ2n) is 4.18. The molecule has 0 aromatic heterocycles. The Morgan fingerprint density at radius 3 is 2.47 bits per heavy atom. The van der Waals surface area contributed by atoms with Crippen LogP contribution in [0, 0.1) is 0 Å². The van der Waals surface area contributed by atoms with Gasteiger partial charge in [0.2, 0.25) is 0 Å². The highest BCUT2D eigenvalue weighted by Gasteiger charge is 2.29. The maximum atomic E-state index is 12.9. The Morgan fingerprint density at radius 1 is 1.24 bits per heavy atom. The highest BCUT2D eigenvalue weighted by atomic mass is 19.1. The third kappa shape index (κ3) is 3.33. The van der Waals surface area contributed by atoms with Gasteiger partial charge in [0.15, 0.2) is 0 Å². The molecule has 3 nitrogen and oxygen atoms in total. The molecule has 0 bridgehead atoms. The van der Waals surface area contributed by atoms with Crippen molar-refractivity contribution in [1.29, 1.82) is 0 Å². The summed E-state index contributed by atoms with van der Waals surface area (Å²) in [5, 5.41) is 3.14. The molecule has 0 amide bonds. The summed E-state index contributed by atoms with van der Waals surface area (Å²) in [7, 11) is 1.63. The molecule has 2 unspecified atom stereocenters. The summed E-state index contributed by atoms with van der Waals surface area (Å²) >= 11 is 0. The van der Waals surface area contributed by atoms with E-state index in [1.54, 1.807) is 7.11 Å². The lowest BCUT2D eigenvalue weighted by Crippen LogP contribution is -2.46. The van der Waals surface area contributed by atoms with Crippen LogP contribution >= 0.6 is 0 Å². The van der Waals surface area contributed by atoms with Crippen molar-refractivity contribution < 1.29 is 13.9 Å². The second-order valence-corrected chi connectivity index (χ2v) is 4.18. The Balaban J connectivity index is 1.63. The van der Waals surface area contributed by atoms with Crippen LogP contribution in [0.2, 0.25) is 0 Å².